The second kappa shape index (κ2) is 10.1. The number of alkyl carbamates (subject to hydrolysis) is 1. The minimum absolute atomic E-state index is 0.0463. The largest absolute Gasteiger partial charge is 0.478 e. The topological polar surface area (TPSA) is 105 Å². The molecule has 0 heterocycles. The zero-order valence-electron chi connectivity index (χ0n) is 19.3. The molecule has 0 fully saturated rings. The van der Waals surface area contributed by atoms with Crippen molar-refractivity contribution in [2.24, 2.45) is 5.41 Å². The number of carboxylic acid groups (broad SMARTS) is 1. The molecule has 0 atom stereocenters. The van der Waals surface area contributed by atoms with Gasteiger partial charge in [0.25, 0.3) is 0 Å². The lowest BCUT2D eigenvalue weighted by Gasteiger charge is -2.24. The number of rotatable bonds is 7. The molecule has 3 N–H and O–H groups in total. The molecular weight excluding hydrogens is 559 g/mol. The summed E-state index contributed by atoms with van der Waals surface area (Å²) < 4.78 is 6.26. The van der Waals surface area contributed by atoms with E-state index in [1.54, 1.807) is 19.9 Å². The summed E-state index contributed by atoms with van der Waals surface area (Å²) in [5.41, 5.74) is 4.07. The number of halogens is 1. The van der Waals surface area contributed by atoms with Gasteiger partial charge in [0, 0.05) is 16.0 Å². The van der Waals surface area contributed by atoms with E-state index in [2.05, 4.69) is 34.9 Å². The van der Waals surface area contributed by atoms with E-state index in [0.29, 0.717) is 9.26 Å². The first-order valence-corrected chi connectivity index (χ1v) is 12.2. The zero-order chi connectivity index (χ0) is 25.2. The smallest absolute Gasteiger partial charge is 0.407 e. The van der Waals surface area contributed by atoms with Crippen LogP contribution < -0.4 is 10.6 Å². The van der Waals surface area contributed by atoms with Crippen LogP contribution in [0, 0.1) is 8.99 Å². The molecule has 180 valence electrons. The second-order valence-corrected chi connectivity index (χ2v) is 10.2. The highest BCUT2D eigenvalue weighted by atomic mass is 127. The van der Waals surface area contributed by atoms with Gasteiger partial charge in [-0.25, -0.2) is 9.59 Å². The molecule has 0 saturated heterocycles. The second-order valence-electron chi connectivity index (χ2n) is 9.02. The predicted molar refractivity (Wildman–Crippen MR) is 142 cm³/mol. The van der Waals surface area contributed by atoms with E-state index >= 15 is 0 Å². The molecule has 0 unspecified atom stereocenters. The number of hydrogen-bond donors (Lipinski definition) is 3. The number of ether oxygens (including phenoxy) is 1. The van der Waals surface area contributed by atoms with Gasteiger partial charge in [-0.15, -0.1) is 0 Å². The molecule has 4 rings (SSSR count). The Hall–Kier alpha value is -3.40. The number of carbonyl (C=O) groups excluding carboxylic acids is 2. The molecule has 35 heavy (non-hydrogen) atoms. The molecule has 0 bridgehead atoms. The van der Waals surface area contributed by atoms with Crippen LogP contribution in [0.5, 0.6) is 0 Å². The summed E-state index contributed by atoms with van der Waals surface area (Å²) in [7, 11) is 0. The molecule has 0 aliphatic heterocycles. The van der Waals surface area contributed by atoms with Crippen LogP contribution in [-0.2, 0) is 9.53 Å². The fraction of sp³-hybridized carbons (Fsp3) is 0.222. The van der Waals surface area contributed by atoms with Crippen molar-refractivity contribution in [3.8, 4) is 11.1 Å². The third-order valence-corrected chi connectivity index (χ3v) is 7.04. The van der Waals surface area contributed by atoms with Crippen LogP contribution in [0.1, 0.15) is 41.3 Å². The van der Waals surface area contributed by atoms with Gasteiger partial charge in [-0.05, 0) is 76.9 Å². The average molecular weight is 584 g/mol. The third kappa shape index (κ3) is 5.32. The summed E-state index contributed by atoms with van der Waals surface area (Å²) in [5, 5.41) is 14.7. The van der Waals surface area contributed by atoms with Crippen LogP contribution in [0.4, 0.5) is 10.5 Å². The lowest BCUT2D eigenvalue weighted by atomic mass is 9.92. The van der Waals surface area contributed by atoms with Crippen molar-refractivity contribution >= 4 is 46.2 Å². The molecule has 1 aliphatic carbocycles. The van der Waals surface area contributed by atoms with E-state index in [4.69, 9.17) is 4.74 Å². The molecule has 0 aromatic heterocycles. The van der Waals surface area contributed by atoms with Crippen LogP contribution in [0.3, 0.4) is 0 Å². The number of carboxylic acids is 1. The standard InChI is InChI=1S/C27H25IN2O5/c1-27(2,25(33)30-23-13-16(24(31)32)11-12-22(23)28)15-29-26(34)35-14-21-19-9-5-3-7-17(19)18-8-4-6-10-20(18)21/h3-13,21H,14-15H2,1-2H3,(H,29,34)(H,30,33)(H,31,32). The fourth-order valence-electron chi connectivity index (χ4n) is 4.07. The number of anilines is 1. The van der Waals surface area contributed by atoms with Gasteiger partial charge in [0.1, 0.15) is 6.61 Å². The highest BCUT2D eigenvalue weighted by molar-refractivity contribution is 14.1. The van der Waals surface area contributed by atoms with Gasteiger partial charge in [-0.2, -0.15) is 0 Å². The third-order valence-electron chi connectivity index (χ3n) is 6.09. The number of hydrogen-bond acceptors (Lipinski definition) is 4. The van der Waals surface area contributed by atoms with E-state index in [0.717, 1.165) is 22.3 Å². The van der Waals surface area contributed by atoms with Crippen molar-refractivity contribution in [1.29, 1.82) is 0 Å². The first kappa shape index (κ1) is 24.7. The predicted octanol–water partition coefficient (Wildman–Crippen LogP) is 5.49. The Bertz CT molecular complexity index is 1260. The summed E-state index contributed by atoms with van der Waals surface area (Å²) in [4.78, 5) is 36.6. The van der Waals surface area contributed by atoms with Crippen molar-refractivity contribution < 1.29 is 24.2 Å². The molecule has 8 heteroatoms. The van der Waals surface area contributed by atoms with E-state index in [1.165, 1.54) is 12.1 Å². The molecular formula is C27H25IN2O5. The SMILES string of the molecule is CC(C)(CNC(=O)OCC1c2ccccc2-c2ccccc21)C(=O)Nc1cc(C(=O)O)ccc1I. The highest BCUT2D eigenvalue weighted by Gasteiger charge is 2.31. The fourth-order valence-corrected chi connectivity index (χ4v) is 4.54. The first-order valence-electron chi connectivity index (χ1n) is 11.1. The van der Waals surface area contributed by atoms with Gasteiger partial charge in [0.05, 0.1) is 16.7 Å². The maximum absolute atomic E-state index is 12.9. The van der Waals surface area contributed by atoms with Crippen molar-refractivity contribution in [3.05, 3.63) is 87.0 Å². The highest BCUT2D eigenvalue weighted by Crippen LogP contribution is 2.44. The molecule has 2 amide bonds. The van der Waals surface area contributed by atoms with E-state index in [1.807, 2.05) is 46.9 Å². The van der Waals surface area contributed by atoms with E-state index in [-0.39, 0.29) is 30.5 Å². The minimum Gasteiger partial charge on any atom is -0.478 e. The summed E-state index contributed by atoms with van der Waals surface area (Å²) in [6.45, 7) is 3.62. The Morgan fingerprint density at radius 3 is 2.17 bits per heavy atom. The quantitative estimate of drug-likeness (QED) is 0.319. The van der Waals surface area contributed by atoms with Gasteiger partial charge in [-0.3, -0.25) is 4.79 Å². The number of nitrogens with one attached hydrogen (secondary N) is 2. The van der Waals surface area contributed by atoms with E-state index in [9.17, 15) is 19.5 Å². The van der Waals surface area contributed by atoms with Crippen molar-refractivity contribution in [3.63, 3.8) is 0 Å². The summed E-state index contributed by atoms with van der Waals surface area (Å²) in [6, 6.07) is 20.7. The molecule has 0 radical (unpaired) electrons. The molecule has 3 aromatic rings. The van der Waals surface area contributed by atoms with Gasteiger partial charge < -0.3 is 20.5 Å². The number of amides is 2. The molecule has 7 nitrogen and oxygen atoms in total. The Labute approximate surface area is 217 Å². The van der Waals surface area contributed by atoms with Gasteiger partial charge in [0.2, 0.25) is 5.91 Å². The first-order chi connectivity index (χ1) is 16.7. The van der Waals surface area contributed by atoms with Crippen molar-refractivity contribution in [1.82, 2.24) is 5.32 Å². The Morgan fingerprint density at radius 2 is 1.57 bits per heavy atom. The maximum atomic E-state index is 12.9. The van der Waals surface area contributed by atoms with Gasteiger partial charge in [-0.1, -0.05) is 48.5 Å². The van der Waals surface area contributed by atoms with Crippen LogP contribution in [0.15, 0.2) is 66.7 Å². The Kier molecular flexibility index (Phi) is 7.11. The lowest BCUT2D eigenvalue weighted by molar-refractivity contribution is -0.123. The van der Waals surface area contributed by atoms with Crippen LogP contribution >= 0.6 is 22.6 Å². The van der Waals surface area contributed by atoms with Crippen LogP contribution in [0.25, 0.3) is 11.1 Å². The van der Waals surface area contributed by atoms with Crippen molar-refractivity contribution in [2.45, 2.75) is 19.8 Å². The lowest BCUT2D eigenvalue weighted by Crippen LogP contribution is -2.42. The van der Waals surface area contributed by atoms with Crippen molar-refractivity contribution in [2.75, 3.05) is 18.5 Å². The summed E-state index contributed by atoms with van der Waals surface area (Å²) in [6.07, 6.45) is -0.602. The zero-order valence-corrected chi connectivity index (χ0v) is 21.5. The normalized spacial score (nSPS) is 12.4. The summed E-state index contributed by atoms with van der Waals surface area (Å²) in [5.74, 6) is -1.47. The minimum atomic E-state index is -1.08. The monoisotopic (exact) mass is 584 g/mol. The molecule has 3 aromatic carbocycles. The maximum Gasteiger partial charge on any atom is 0.407 e. The van der Waals surface area contributed by atoms with Gasteiger partial charge >= 0.3 is 12.1 Å². The number of fused-ring (bicyclic) bond motifs is 3. The average Bonchev–Trinajstić information content (AvgIpc) is 3.16. The summed E-state index contributed by atoms with van der Waals surface area (Å²) >= 11 is 2.03. The van der Waals surface area contributed by atoms with Crippen LogP contribution in [0.2, 0.25) is 0 Å². The van der Waals surface area contributed by atoms with Gasteiger partial charge in [0.15, 0.2) is 0 Å². The van der Waals surface area contributed by atoms with Crippen LogP contribution in [-0.4, -0.2) is 36.2 Å². The number of benzene rings is 3. The Morgan fingerprint density at radius 1 is 0.971 bits per heavy atom. The number of aromatic carboxylic acids is 1. The molecule has 1 aliphatic rings. The molecule has 0 spiro atoms. The number of carbonyl (C=O) groups is 3. The Balaban J connectivity index is 1.35. The molecule has 0 saturated carbocycles. The van der Waals surface area contributed by atoms with E-state index < -0.39 is 17.5 Å².